The van der Waals surface area contributed by atoms with E-state index < -0.39 is 5.97 Å². The molecular weight excluding hydrogens is 228 g/mol. The standard InChI is InChI=1S/C6H8O3.C5H8O3/c1-2-6(7)9-4-5-3-8-5;1-2-5(7)8-4-3-6/h2,5H,1,3-4H2;2,6H,1,3-4H2. The fourth-order valence-electron chi connectivity index (χ4n) is 0.603. The lowest BCUT2D eigenvalue weighted by molar-refractivity contribution is -0.139. The Morgan fingerprint density at radius 3 is 2.24 bits per heavy atom. The van der Waals surface area contributed by atoms with E-state index in [1.54, 1.807) is 0 Å². The summed E-state index contributed by atoms with van der Waals surface area (Å²) in [5, 5.41) is 8.10. The second kappa shape index (κ2) is 9.56. The van der Waals surface area contributed by atoms with Gasteiger partial charge in [-0.15, -0.1) is 0 Å². The minimum Gasteiger partial charge on any atom is -0.460 e. The third kappa shape index (κ3) is 10.6. The van der Waals surface area contributed by atoms with Crippen molar-refractivity contribution in [3.05, 3.63) is 25.3 Å². The zero-order chi connectivity index (χ0) is 13.1. The molecule has 1 rings (SSSR count). The van der Waals surface area contributed by atoms with Crippen molar-refractivity contribution in [2.75, 3.05) is 26.4 Å². The summed E-state index contributed by atoms with van der Waals surface area (Å²) in [6.07, 6.45) is 2.34. The van der Waals surface area contributed by atoms with E-state index in [1.165, 1.54) is 0 Å². The zero-order valence-electron chi connectivity index (χ0n) is 9.46. The van der Waals surface area contributed by atoms with Gasteiger partial charge in [0.2, 0.25) is 0 Å². The third-order valence-corrected chi connectivity index (χ3v) is 1.48. The van der Waals surface area contributed by atoms with E-state index in [4.69, 9.17) is 9.84 Å². The SMILES string of the molecule is C=CC(=O)OCC1CO1.C=CC(=O)OCCO. The van der Waals surface area contributed by atoms with Crippen LogP contribution in [0.1, 0.15) is 0 Å². The summed E-state index contributed by atoms with van der Waals surface area (Å²) < 4.78 is 13.8. The number of esters is 2. The second-order valence-electron chi connectivity index (χ2n) is 2.88. The maximum absolute atomic E-state index is 10.3. The largest absolute Gasteiger partial charge is 0.460 e. The van der Waals surface area contributed by atoms with Gasteiger partial charge in [0.1, 0.15) is 19.3 Å². The summed E-state index contributed by atoms with van der Waals surface area (Å²) >= 11 is 0. The number of carbonyl (C=O) groups is 2. The number of hydrogen-bond acceptors (Lipinski definition) is 6. The lowest BCUT2D eigenvalue weighted by Crippen LogP contribution is -2.06. The molecule has 1 aliphatic heterocycles. The molecule has 1 atom stereocenters. The highest BCUT2D eigenvalue weighted by molar-refractivity contribution is 5.81. The van der Waals surface area contributed by atoms with Crippen LogP contribution in [0.3, 0.4) is 0 Å². The second-order valence-corrected chi connectivity index (χ2v) is 2.88. The molecule has 0 aromatic carbocycles. The third-order valence-electron chi connectivity index (χ3n) is 1.48. The molecule has 1 N–H and O–H groups in total. The summed E-state index contributed by atoms with van der Waals surface area (Å²) in [6.45, 7) is 7.39. The summed E-state index contributed by atoms with van der Waals surface area (Å²) in [5.41, 5.74) is 0. The van der Waals surface area contributed by atoms with Crippen molar-refractivity contribution in [2.24, 2.45) is 0 Å². The van der Waals surface area contributed by atoms with Crippen LogP contribution in [-0.4, -0.2) is 49.6 Å². The summed E-state index contributed by atoms with van der Waals surface area (Å²) in [7, 11) is 0. The highest BCUT2D eigenvalue weighted by Gasteiger charge is 2.23. The zero-order valence-corrected chi connectivity index (χ0v) is 9.46. The van der Waals surface area contributed by atoms with Crippen molar-refractivity contribution in [3.8, 4) is 0 Å². The molecule has 0 spiro atoms. The first-order valence-corrected chi connectivity index (χ1v) is 4.94. The molecule has 0 radical (unpaired) electrons. The number of rotatable bonds is 6. The van der Waals surface area contributed by atoms with E-state index in [0.29, 0.717) is 13.2 Å². The van der Waals surface area contributed by atoms with Crippen LogP contribution in [0.15, 0.2) is 25.3 Å². The molecule has 0 aromatic rings. The number of epoxide rings is 1. The predicted molar refractivity (Wildman–Crippen MR) is 59.1 cm³/mol. The van der Waals surface area contributed by atoms with Gasteiger partial charge in [0, 0.05) is 12.2 Å². The van der Waals surface area contributed by atoms with E-state index in [0.717, 1.165) is 12.2 Å². The smallest absolute Gasteiger partial charge is 0.330 e. The van der Waals surface area contributed by atoms with Crippen molar-refractivity contribution in [1.29, 1.82) is 0 Å². The number of ether oxygens (including phenoxy) is 3. The normalized spacial score (nSPS) is 15.9. The average Bonchev–Trinajstić information content (AvgIpc) is 3.17. The van der Waals surface area contributed by atoms with Gasteiger partial charge in [-0.2, -0.15) is 0 Å². The van der Waals surface area contributed by atoms with Crippen molar-refractivity contribution >= 4 is 11.9 Å². The highest BCUT2D eigenvalue weighted by Crippen LogP contribution is 2.08. The fraction of sp³-hybridized carbons (Fsp3) is 0.455. The predicted octanol–water partition coefficient (Wildman–Crippen LogP) is -0.178. The van der Waals surface area contributed by atoms with Crippen molar-refractivity contribution < 1.29 is 28.9 Å². The van der Waals surface area contributed by atoms with Crippen LogP contribution in [-0.2, 0) is 23.8 Å². The first kappa shape index (κ1) is 15.3. The molecule has 96 valence electrons. The molecule has 0 aromatic heterocycles. The monoisotopic (exact) mass is 244 g/mol. The Morgan fingerprint density at radius 2 is 1.82 bits per heavy atom. The number of aliphatic hydroxyl groups excluding tert-OH is 1. The van der Waals surface area contributed by atoms with Gasteiger partial charge in [-0.05, 0) is 0 Å². The average molecular weight is 244 g/mol. The van der Waals surface area contributed by atoms with Gasteiger partial charge in [-0.25, -0.2) is 9.59 Å². The maximum atomic E-state index is 10.3. The van der Waals surface area contributed by atoms with E-state index in [2.05, 4.69) is 22.6 Å². The molecule has 0 saturated carbocycles. The van der Waals surface area contributed by atoms with Crippen LogP contribution in [0.4, 0.5) is 0 Å². The highest BCUT2D eigenvalue weighted by atomic mass is 16.6. The lowest BCUT2D eigenvalue weighted by atomic mass is 10.5. The molecule has 1 unspecified atom stereocenters. The van der Waals surface area contributed by atoms with Gasteiger partial charge < -0.3 is 19.3 Å². The van der Waals surface area contributed by atoms with Crippen LogP contribution in [0.25, 0.3) is 0 Å². The number of hydrogen-bond donors (Lipinski definition) is 1. The Morgan fingerprint density at radius 1 is 1.29 bits per heavy atom. The Bertz CT molecular complexity index is 269. The minimum atomic E-state index is -0.501. The van der Waals surface area contributed by atoms with Crippen LogP contribution < -0.4 is 0 Å². The first-order valence-electron chi connectivity index (χ1n) is 4.94. The van der Waals surface area contributed by atoms with Gasteiger partial charge in [-0.3, -0.25) is 0 Å². The van der Waals surface area contributed by atoms with E-state index >= 15 is 0 Å². The van der Waals surface area contributed by atoms with Gasteiger partial charge >= 0.3 is 11.9 Å². The molecule has 1 saturated heterocycles. The molecule has 1 aliphatic rings. The number of aliphatic hydroxyl groups is 1. The van der Waals surface area contributed by atoms with Crippen LogP contribution in [0.5, 0.6) is 0 Å². The Balaban J connectivity index is 0.000000304. The van der Waals surface area contributed by atoms with Gasteiger partial charge in [0.15, 0.2) is 0 Å². The van der Waals surface area contributed by atoms with Gasteiger partial charge in [0.05, 0.1) is 13.2 Å². The molecule has 6 nitrogen and oxygen atoms in total. The molecule has 17 heavy (non-hydrogen) atoms. The first-order chi connectivity index (χ1) is 8.13. The van der Waals surface area contributed by atoms with Gasteiger partial charge in [-0.1, -0.05) is 13.2 Å². The molecule has 1 fully saturated rings. The summed E-state index contributed by atoms with van der Waals surface area (Å²) in [5.74, 6) is -0.885. The lowest BCUT2D eigenvalue weighted by Gasteiger charge is -1.94. The summed E-state index contributed by atoms with van der Waals surface area (Å²) in [4.78, 5) is 20.5. The van der Waals surface area contributed by atoms with E-state index in [9.17, 15) is 9.59 Å². The molecule has 6 heteroatoms. The van der Waals surface area contributed by atoms with E-state index in [1.807, 2.05) is 0 Å². The van der Waals surface area contributed by atoms with Crippen LogP contribution in [0, 0.1) is 0 Å². The molecular formula is C11H16O6. The van der Waals surface area contributed by atoms with Crippen molar-refractivity contribution in [2.45, 2.75) is 6.10 Å². The summed E-state index contributed by atoms with van der Waals surface area (Å²) in [6, 6.07) is 0. The van der Waals surface area contributed by atoms with Crippen molar-refractivity contribution in [3.63, 3.8) is 0 Å². The Kier molecular flexibility index (Phi) is 8.62. The van der Waals surface area contributed by atoms with E-state index in [-0.39, 0.29) is 25.3 Å². The van der Waals surface area contributed by atoms with Crippen LogP contribution in [0.2, 0.25) is 0 Å². The quantitative estimate of drug-likeness (QED) is 0.396. The Labute approximate surface area is 99.5 Å². The topological polar surface area (TPSA) is 85.4 Å². The molecule has 0 amide bonds. The van der Waals surface area contributed by atoms with Crippen LogP contribution >= 0.6 is 0 Å². The Hall–Kier alpha value is -1.66. The maximum Gasteiger partial charge on any atom is 0.330 e. The minimum absolute atomic E-state index is 0.0465. The molecule has 1 heterocycles. The molecule has 0 aliphatic carbocycles. The fourth-order valence-corrected chi connectivity index (χ4v) is 0.603. The van der Waals surface area contributed by atoms with Crippen molar-refractivity contribution in [1.82, 2.24) is 0 Å². The number of carbonyl (C=O) groups excluding carboxylic acids is 2. The molecule has 0 bridgehead atoms. The van der Waals surface area contributed by atoms with Gasteiger partial charge in [0.25, 0.3) is 0 Å².